The van der Waals surface area contributed by atoms with E-state index >= 15 is 0 Å². The molecule has 0 atom stereocenters. The average molecular weight is 250 g/mol. The molecule has 0 spiro atoms. The quantitative estimate of drug-likeness (QED) is 0.844. The lowest BCUT2D eigenvalue weighted by Gasteiger charge is -2.11. The number of anilines is 1. The molecule has 96 valence electrons. The standard InChI is InChI=1S/C12H15FN4O/c1-8(2)17-12(15-7-16-17)6-18-11-5-9(13)3-4-10(11)14/h3-5,7-8H,6,14H2,1-2H3. The first-order valence-corrected chi connectivity index (χ1v) is 5.64. The molecule has 0 unspecified atom stereocenters. The summed E-state index contributed by atoms with van der Waals surface area (Å²) >= 11 is 0. The first kappa shape index (κ1) is 12.3. The number of hydrogen-bond acceptors (Lipinski definition) is 4. The van der Waals surface area contributed by atoms with Crippen molar-refractivity contribution in [3.8, 4) is 5.75 Å². The second kappa shape index (κ2) is 5.03. The van der Waals surface area contributed by atoms with E-state index in [1.54, 1.807) is 4.68 Å². The van der Waals surface area contributed by atoms with Crippen LogP contribution in [0.25, 0.3) is 0 Å². The summed E-state index contributed by atoms with van der Waals surface area (Å²) in [6.07, 6.45) is 1.47. The van der Waals surface area contributed by atoms with Gasteiger partial charge in [-0.2, -0.15) is 5.10 Å². The van der Waals surface area contributed by atoms with E-state index in [9.17, 15) is 4.39 Å². The highest BCUT2D eigenvalue weighted by Gasteiger charge is 2.09. The molecule has 1 aromatic heterocycles. The van der Waals surface area contributed by atoms with Gasteiger partial charge in [-0.3, -0.25) is 0 Å². The normalized spacial score (nSPS) is 10.9. The Bertz CT molecular complexity index is 539. The molecule has 0 aliphatic heterocycles. The maximum atomic E-state index is 13.1. The maximum Gasteiger partial charge on any atom is 0.165 e. The number of benzene rings is 1. The van der Waals surface area contributed by atoms with Crippen LogP contribution in [0.2, 0.25) is 0 Å². The van der Waals surface area contributed by atoms with Gasteiger partial charge in [0.1, 0.15) is 24.5 Å². The molecular weight excluding hydrogens is 235 g/mol. The first-order valence-electron chi connectivity index (χ1n) is 5.64. The molecule has 0 saturated carbocycles. The van der Waals surface area contributed by atoms with Crippen molar-refractivity contribution in [2.75, 3.05) is 5.73 Å². The van der Waals surface area contributed by atoms with Crippen molar-refractivity contribution >= 4 is 5.69 Å². The predicted molar refractivity (Wildman–Crippen MR) is 65.6 cm³/mol. The third-order valence-corrected chi connectivity index (χ3v) is 2.47. The average Bonchev–Trinajstić information content (AvgIpc) is 2.79. The van der Waals surface area contributed by atoms with Crippen LogP contribution >= 0.6 is 0 Å². The van der Waals surface area contributed by atoms with Crippen molar-refractivity contribution in [1.29, 1.82) is 0 Å². The molecule has 2 aromatic rings. The number of nitrogens with two attached hydrogens (primary N) is 1. The van der Waals surface area contributed by atoms with Crippen LogP contribution < -0.4 is 10.5 Å². The molecule has 2 rings (SSSR count). The zero-order valence-electron chi connectivity index (χ0n) is 10.3. The molecule has 0 radical (unpaired) electrons. The lowest BCUT2D eigenvalue weighted by Crippen LogP contribution is -2.11. The maximum absolute atomic E-state index is 13.1. The Balaban J connectivity index is 2.11. The van der Waals surface area contributed by atoms with Gasteiger partial charge < -0.3 is 10.5 Å². The number of nitrogens with zero attached hydrogens (tertiary/aromatic N) is 3. The number of nitrogen functional groups attached to an aromatic ring is 1. The van der Waals surface area contributed by atoms with Gasteiger partial charge in [0, 0.05) is 12.1 Å². The van der Waals surface area contributed by atoms with Gasteiger partial charge in [-0.1, -0.05) is 0 Å². The monoisotopic (exact) mass is 250 g/mol. The van der Waals surface area contributed by atoms with Crippen molar-refractivity contribution in [1.82, 2.24) is 14.8 Å². The minimum Gasteiger partial charge on any atom is -0.483 e. The van der Waals surface area contributed by atoms with Gasteiger partial charge in [-0.25, -0.2) is 14.1 Å². The second-order valence-electron chi connectivity index (χ2n) is 4.19. The molecule has 0 aliphatic rings. The summed E-state index contributed by atoms with van der Waals surface area (Å²) in [5.41, 5.74) is 6.09. The van der Waals surface area contributed by atoms with Crippen LogP contribution in [-0.2, 0) is 6.61 Å². The molecule has 1 heterocycles. The lowest BCUT2D eigenvalue weighted by atomic mass is 10.3. The molecule has 5 nitrogen and oxygen atoms in total. The van der Waals surface area contributed by atoms with E-state index < -0.39 is 0 Å². The summed E-state index contributed by atoms with van der Waals surface area (Å²) in [5.74, 6) is 0.603. The van der Waals surface area contributed by atoms with Crippen molar-refractivity contribution in [3.63, 3.8) is 0 Å². The van der Waals surface area contributed by atoms with Gasteiger partial charge in [-0.15, -0.1) is 0 Å². The molecule has 1 aromatic carbocycles. The van der Waals surface area contributed by atoms with Gasteiger partial charge in [0.15, 0.2) is 5.82 Å². The Morgan fingerprint density at radius 3 is 2.94 bits per heavy atom. The molecule has 0 saturated heterocycles. The van der Waals surface area contributed by atoms with E-state index in [-0.39, 0.29) is 18.5 Å². The molecule has 18 heavy (non-hydrogen) atoms. The van der Waals surface area contributed by atoms with Gasteiger partial charge in [-0.05, 0) is 26.0 Å². The fraction of sp³-hybridized carbons (Fsp3) is 0.333. The van der Waals surface area contributed by atoms with E-state index in [2.05, 4.69) is 10.1 Å². The fourth-order valence-corrected chi connectivity index (χ4v) is 1.58. The molecule has 0 bridgehead atoms. The Morgan fingerprint density at radius 1 is 1.44 bits per heavy atom. The van der Waals surface area contributed by atoms with Gasteiger partial charge in [0.05, 0.1) is 5.69 Å². The third kappa shape index (κ3) is 2.58. The number of halogens is 1. The Labute approximate surface area is 104 Å². The molecule has 6 heteroatoms. The van der Waals surface area contributed by atoms with Crippen LogP contribution in [0.5, 0.6) is 5.75 Å². The van der Waals surface area contributed by atoms with Gasteiger partial charge in [0.25, 0.3) is 0 Å². The predicted octanol–water partition coefficient (Wildman–Crippen LogP) is 2.16. The van der Waals surface area contributed by atoms with E-state index in [1.807, 2.05) is 13.8 Å². The third-order valence-electron chi connectivity index (χ3n) is 2.47. The first-order chi connectivity index (χ1) is 8.58. The Morgan fingerprint density at radius 2 is 2.22 bits per heavy atom. The van der Waals surface area contributed by atoms with Crippen molar-refractivity contribution in [2.45, 2.75) is 26.5 Å². The number of hydrogen-bond donors (Lipinski definition) is 1. The largest absolute Gasteiger partial charge is 0.483 e. The molecule has 2 N–H and O–H groups in total. The molecule has 0 amide bonds. The van der Waals surface area contributed by atoms with Crippen molar-refractivity contribution < 1.29 is 9.13 Å². The Hall–Kier alpha value is -2.11. The zero-order chi connectivity index (χ0) is 13.1. The van der Waals surface area contributed by atoms with Crippen LogP contribution in [0.1, 0.15) is 25.7 Å². The van der Waals surface area contributed by atoms with Gasteiger partial charge in [0.2, 0.25) is 0 Å². The molecular formula is C12H15FN4O. The zero-order valence-corrected chi connectivity index (χ0v) is 10.3. The Kier molecular flexibility index (Phi) is 3.45. The minimum absolute atomic E-state index is 0.191. The summed E-state index contributed by atoms with van der Waals surface area (Å²) < 4.78 is 20.3. The van der Waals surface area contributed by atoms with E-state index in [4.69, 9.17) is 10.5 Å². The summed E-state index contributed by atoms with van der Waals surface area (Å²) in [7, 11) is 0. The molecule has 0 fully saturated rings. The van der Waals surface area contributed by atoms with Gasteiger partial charge >= 0.3 is 0 Å². The van der Waals surface area contributed by atoms with E-state index in [0.29, 0.717) is 17.3 Å². The van der Waals surface area contributed by atoms with E-state index in [1.165, 1.54) is 24.5 Å². The van der Waals surface area contributed by atoms with Crippen LogP contribution in [0.3, 0.4) is 0 Å². The number of ether oxygens (including phenoxy) is 1. The SMILES string of the molecule is CC(C)n1ncnc1COc1cc(F)ccc1N. The smallest absolute Gasteiger partial charge is 0.165 e. The highest BCUT2D eigenvalue weighted by atomic mass is 19.1. The summed E-state index contributed by atoms with van der Waals surface area (Å²) in [4.78, 5) is 4.10. The highest BCUT2D eigenvalue weighted by Crippen LogP contribution is 2.23. The topological polar surface area (TPSA) is 66.0 Å². The highest BCUT2D eigenvalue weighted by molar-refractivity contribution is 5.52. The minimum atomic E-state index is -0.385. The summed E-state index contributed by atoms with van der Waals surface area (Å²) in [6, 6.07) is 4.21. The van der Waals surface area contributed by atoms with Crippen LogP contribution in [-0.4, -0.2) is 14.8 Å². The van der Waals surface area contributed by atoms with Crippen LogP contribution in [0.15, 0.2) is 24.5 Å². The lowest BCUT2D eigenvalue weighted by molar-refractivity contribution is 0.282. The fourth-order valence-electron chi connectivity index (χ4n) is 1.58. The van der Waals surface area contributed by atoms with E-state index in [0.717, 1.165) is 0 Å². The molecule has 0 aliphatic carbocycles. The van der Waals surface area contributed by atoms with Crippen LogP contribution in [0.4, 0.5) is 10.1 Å². The number of aromatic nitrogens is 3. The number of rotatable bonds is 4. The summed E-state index contributed by atoms with van der Waals surface area (Å²) in [5, 5.41) is 4.09. The second-order valence-corrected chi connectivity index (χ2v) is 4.19. The van der Waals surface area contributed by atoms with Crippen molar-refractivity contribution in [3.05, 3.63) is 36.2 Å². The van der Waals surface area contributed by atoms with Crippen LogP contribution in [0, 0.1) is 5.82 Å². The van der Waals surface area contributed by atoms with Crippen molar-refractivity contribution in [2.24, 2.45) is 0 Å². The summed E-state index contributed by atoms with van der Waals surface area (Å²) in [6.45, 7) is 4.19.